The molecule has 0 aliphatic carbocycles. The van der Waals surface area contributed by atoms with E-state index in [4.69, 9.17) is 5.11 Å². The number of rotatable bonds is 6. The first-order chi connectivity index (χ1) is 9.01. The molecule has 0 spiro atoms. The second-order valence-corrected chi connectivity index (χ2v) is 4.48. The third-order valence-electron chi connectivity index (χ3n) is 2.79. The van der Waals surface area contributed by atoms with Crippen LogP contribution in [0.15, 0.2) is 24.3 Å². The van der Waals surface area contributed by atoms with Crippen LogP contribution in [0.25, 0.3) is 0 Å². The molecule has 0 aliphatic heterocycles. The van der Waals surface area contributed by atoms with E-state index in [1.165, 1.54) is 5.56 Å². The van der Waals surface area contributed by atoms with Gasteiger partial charge in [-0.25, -0.2) is 4.79 Å². The van der Waals surface area contributed by atoms with Crippen LogP contribution in [0.4, 0.5) is 10.5 Å². The van der Waals surface area contributed by atoms with E-state index in [0.717, 1.165) is 12.1 Å². The van der Waals surface area contributed by atoms with Crippen LogP contribution in [0.3, 0.4) is 0 Å². The Labute approximate surface area is 113 Å². The van der Waals surface area contributed by atoms with Gasteiger partial charge < -0.3 is 15.7 Å². The number of carbonyl (C=O) groups excluding carboxylic acids is 1. The van der Waals surface area contributed by atoms with Gasteiger partial charge in [0.25, 0.3) is 0 Å². The van der Waals surface area contributed by atoms with Gasteiger partial charge in [-0.15, -0.1) is 0 Å². The molecule has 1 rings (SSSR count). The van der Waals surface area contributed by atoms with Crippen LogP contribution in [0.1, 0.15) is 32.3 Å². The molecule has 0 heterocycles. The van der Waals surface area contributed by atoms with Crippen LogP contribution in [-0.4, -0.2) is 23.1 Å². The van der Waals surface area contributed by atoms with Crippen molar-refractivity contribution < 1.29 is 14.7 Å². The molecule has 0 aliphatic rings. The zero-order valence-corrected chi connectivity index (χ0v) is 11.3. The summed E-state index contributed by atoms with van der Waals surface area (Å²) in [6.07, 6.45) is 1.42. The maximum absolute atomic E-state index is 11.7. The van der Waals surface area contributed by atoms with Gasteiger partial charge in [0, 0.05) is 18.2 Å². The van der Waals surface area contributed by atoms with Gasteiger partial charge in [0.05, 0.1) is 0 Å². The minimum atomic E-state index is -0.857. The van der Waals surface area contributed by atoms with E-state index < -0.39 is 5.97 Å². The molecule has 5 nitrogen and oxygen atoms in total. The molecule has 3 N–H and O–H groups in total. The topological polar surface area (TPSA) is 78.4 Å². The Kier molecular flexibility index (Phi) is 5.85. The Morgan fingerprint density at radius 2 is 1.89 bits per heavy atom. The van der Waals surface area contributed by atoms with Crippen LogP contribution >= 0.6 is 0 Å². The van der Waals surface area contributed by atoms with Gasteiger partial charge in [-0.2, -0.15) is 0 Å². The summed E-state index contributed by atoms with van der Waals surface area (Å²) >= 11 is 0. The van der Waals surface area contributed by atoms with Gasteiger partial charge >= 0.3 is 12.0 Å². The highest BCUT2D eigenvalue weighted by molar-refractivity contribution is 5.89. The normalized spacial score (nSPS) is 11.7. The average molecular weight is 264 g/mol. The first-order valence-corrected chi connectivity index (χ1v) is 6.39. The van der Waals surface area contributed by atoms with Crippen LogP contribution in [0.2, 0.25) is 0 Å². The molecule has 0 radical (unpaired) electrons. The number of benzene rings is 1. The lowest BCUT2D eigenvalue weighted by molar-refractivity contribution is -0.137. The number of aryl methyl sites for hydroxylation is 1. The Morgan fingerprint density at radius 3 is 2.42 bits per heavy atom. The molecule has 1 unspecified atom stereocenters. The van der Waals surface area contributed by atoms with Gasteiger partial charge in [0.2, 0.25) is 0 Å². The van der Waals surface area contributed by atoms with Crippen LogP contribution in [0, 0.1) is 0 Å². The Hall–Kier alpha value is -2.04. The number of hydrogen-bond acceptors (Lipinski definition) is 2. The van der Waals surface area contributed by atoms with Crippen molar-refractivity contribution in [3.05, 3.63) is 29.8 Å². The molecular formula is C14H20N2O3. The highest BCUT2D eigenvalue weighted by atomic mass is 16.4. The van der Waals surface area contributed by atoms with Crippen LogP contribution in [0.5, 0.6) is 0 Å². The lowest BCUT2D eigenvalue weighted by Crippen LogP contribution is -2.36. The fourth-order valence-corrected chi connectivity index (χ4v) is 1.63. The third kappa shape index (κ3) is 5.90. The van der Waals surface area contributed by atoms with E-state index >= 15 is 0 Å². The van der Waals surface area contributed by atoms with Crippen LogP contribution < -0.4 is 10.6 Å². The summed E-state index contributed by atoms with van der Waals surface area (Å²) in [6, 6.07) is 7.13. The number of carboxylic acid groups (broad SMARTS) is 1. The van der Waals surface area contributed by atoms with Gasteiger partial charge in [-0.05, 0) is 37.5 Å². The van der Waals surface area contributed by atoms with Gasteiger partial charge in [0.15, 0.2) is 0 Å². The van der Waals surface area contributed by atoms with E-state index in [0.29, 0.717) is 6.42 Å². The molecule has 0 aromatic heterocycles. The van der Waals surface area contributed by atoms with Crippen LogP contribution in [-0.2, 0) is 11.2 Å². The second-order valence-electron chi connectivity index (χ2n) is 4.48. The number of carboxylic acids is 1. The molecule has 0 saturated carbocycles. The average Bonchev–Trinajstić information content (AvgIpc) is 2.37. The number of anilines is 1. The van der Waals surface area contributed by atoms with Gasteiger partial charge in [-0.3, -0.25) is 4.79 Å². The fourth-order valence-electron chi connectivity index (χ4n) is 1.63. The molecule has 1 aromatic carbocycles. The first-order valence-electron chi connectivity index (χ1n) is 6.39. The smallest absolute Gasteiger partial charge is 0.319 e. The summed E-state index contributed by atoms with van der Waals surface area (Å²) in [7, 11) is 0. The zero-order valence-electron chi connectivity index (χ0n) is 11.3. The Balaban J connectivity index is 2.39. The van der Waals surface area contributed by atoms with Crippen molar-refractivity contribution >= 4 is 17.7 Å². The van der Waals surface area contributed by atoms with E-state index in [1.807, 2.05) is 24.3 Å². The maximum Gasteiger partial charge on any atom is 0.319 e. The van der Waals surface area contributed by atoms with Gasteiger partial charge in [-0.1, -0.05) is 19.1 Å². The van der Waals surface area contributed by atoms with E-state index in [-0.39, 0.29) is 18.5 Å². The number of aliphatic carboxylic acids is 1. The summed E-state index contributed by atoms with van der Waals surface area (Å²) in [4.78, 5) is 22.1. The Morgan fingerprint density at radius 1 is 1.26 bits per heavy atom. The zero-order chi connectivity index (χ0) is 14.3. The second kappa shape index (κ2) is 7.41. The van der Waals surface area contributed by atoms with E-state index in [2.05, 4.69) is 17.6 Å². The quantitative estimate of drug-likeness (QED) is 0.739. The van der Waals surface area contributed by atoms with E-state index in [9.17, 15) is 9.59 Å². The van der Waals surface area contributed by atoms with Crippen molar-refractivity contribution in [2.24, 2.45) is 0 Å². The molecule has 1 aromatic rings. The van der Waals surface area contributed by atoms with Crippen molar-refractivity contribution in [3.8, 4) is 0 Å². The predicted octanol–water partition coefficient (Wildman–Crippen LogP) is 2.62. The molecule has 104 valence electrons. The number of nitrogens with one attached hydrogen (secondary N) is 2. The van der Waals surface area contributed by atoms with Gasteiger partial charge in [0.1, 0.15) is 0 Å². The highest BCUT2D eigenvalue weighted by Crippen LogP contribution is 2.09. The third-order valence-corrected chi connectivity index (χ3v) is 2.79. The van der Waals surface area contributed by atoms with Crippen molar-refractivity contribution in [2.45, 2.75) is 39.2 Å². The highest BCUT2D eigenvalue weighted by Gasteiger charge is 2.09. The number of urea groups is 1. The predicted molar refractivity (Wildman–Crippen MR) is 74.3 cm³/mol. The molecular weight excluding hydrogens is 244 g/mol. The van der Waals surface area contributed by atoms with Crippen molar-refractivity contribution in [1.29, 1.82) is 0 Å². The standard InChI is InChI=1S/C14H20N2O3/c1-3-11-5-7-12(8-6-11)16-14(19)15-10(2)4-9-13(17)18/h5-8,10H,3-4,9H2,1-2H3,(H,17,18)(H2,15,16,19). The lowest BCUT2D eigenvalue weighted by Gasteiger charge is -2.13. The molecule has 1 atom stereocenters. The summed E-state index contributed by atoms with van der Waals surface area (Å²) in [5.41, 5.74) is 1.93. The van der Waals surface area contributed by atoms with Crippen molar-refractivity contribution in [3.63, 3.8) is 0 Å². The summed E-state index contributed by atoms with van der Waals surface area (Å²) in [5, 5.41) is 14.0. The molecule has 2 amide bonds. The maximum atomic E-state index is 11.7. The first kappa shape index (κ1) is 15.0. The largest absolute Gasteiger partial charge is 0.481 e. The minimum Gasteiger partial charge on any atom is -0.481 e. The molecule has 19 heavy (non-hydrogen) atoms. The number of hydrogen-bond donors (Lipinski definition) is 3. The number of amides is 2. The summed E-state index contributed by atoms with van der Waals surface area (Å²) < 4.78 is 0. The summed E-state index contributed by atoms with van der Waals surface area (Å²) in [6.45, 7) is 3.85. The summed E-state index contributed by atoms with van der Waals surface area (Å²) in [5.74, 6) is -0.857. The molecule has 0 saturated heterocycles. The lowest BCUT2D eigenvalue weighted by atomic mass is 10.1. The Bertz CT molecular complexity index is 429. The fraction of sp³-hybridized carbons (Fsp3) is 0.429. The molecule has 5 heteroatoms. The van der Waals surface area contributed by atoms with Crippen molar-refractivity contribution in [1.82, 2.24) is 5.32 Å². The number of carbonyl (C=O) groups is 2. The van der Waals surface area contributed by atoms with E-state index in [1.54, 1.807) is 6.92 Å². The SMILES string of the molecule is CCc1ccc(NC(=O)NC(C)CCC(=O)O)cc1. The molecule has 0 fully saturated rings. The monoisotopic (exact) mass is 264 g/mol. The van der Waals surface area contributed by atoms with Crippen molar-refractivity contribution in [2.75, 3.05) is 5.32 Å². The molecule has 0 bridgehead atoms. The minimum absolute atomic E-state index is 0.0483.